The molecule has 0 unspecified atom stereocenters. The monoisotopic (exact) mass is 521 g/mol. The molecule has 0 spiro atoms. The van der Waals surface area contributed by atoms with Crippen LogP contribution in [0.1, 0.15) is 85.0 Å². The first-order valence-corrected chi connectivity index (χ1v) is 12.9. The average Bonchev–Trinajstić information content (AvgIpc) is 2.81. The fourth-order valence-electron chi connectivity index (χ4n) is 4.00. The summed E-state index contributed by atoms with van der Waals surface area (Å²) in [6, 6.07) is 0. The summed E-state index contributed by atoms with van der Waals surface area (Å²) in [5.41, 5.74) is 5.31. The van der Waals surface area contributed by atoms with Crippen molar-refractivity contribution in [2.75, 3.05) is 6.54 Å². The summed E-state index contributed by atoms with van der Waals surface area (Å²) >= 11 is 0. The van der Waals surface area contributed by atoms with E-state index in [4.69, 9.17) is 15.6 Å². The minimum absolute atomic E-state index is 0.0200. The maximum atomic E-state index is 12.4. The molecule has 0 saturated heterocycles. The highest BCUT2D eigenvalue weighted by Gasteiger charge is 2.31. The van der Waals surface area contributed by atoms with E-state index >= 15 is 0 Å². The topological polar surface area (TPSA) is 208 Å². The highest BCUT2D eigenvalue weighted by Crippen LogP contribution is 2.25. The maximum absolute atomic E-state index is 12.4. The first kappa shape index (κ1) is 34.2. The van der Waals surface area contributed by atoms with Gasteiger partial charge < -0.3 is 41.1 Å². The minimum atomic E-state index is -1.40. The number of carbonyl (C=O) groups is 3. The quantitative estimate of drug-likeness (QED) is 0.0845. The largest absolute Gasteiger partial charge is 0.481 e. The highest BCUT2D eigenvalue weighted by atomic mass is 16.6. The number of ether oxygens (including phenoxy) is 1. The van der Waals surface area contributed by atoms with Gasteiger partial charge in [-0.05, 0) is 24.7 Å². The van der Waals surface area contributed by atoms with Gasteiger partial charge in [0.2, 0.25) is 0 Å². The average molecular weight is 522 g/mol. The van der Waals surface area contributed by atoms with Crippen LogP contribution in [0, 0.1) is 17.8 Å². The van der Waals surface area contributed by atoms with Crippen molar-refractivity contribution in [2.24, 2.45) is 23.5 Å². The third kappa shape index (κ3) is 14.7. The van der Waals surface area contributed by atoms with Crippen LogP contribution in [0.4, 0.5) is 0 Å². The molecule has 0 fully saturated rings. The normalized spacial score (nSPS) is 18.3. The van der Waals surface area contributed by atoms with Crippen molar-refractivity contribution >= 4 is 17.9 Å². The Morgan fingerprint density at radius 2 is 1.47 bits per heavy atom. The highest BCUT2D eigenvalue weighted by molar-refractivity contribution is 5.82. The fourth-order valence-corrected chi connectivity index (χ4v) is 4.00. The van der Waals surface area contributed by atoms with Gasteiger partial charge in [-0.25, -0.2) is 0 Å². The summed E-state index contributed by atoms with van der Waals surface area (Å²) in [6.07, 6.45) is -1.40. The summed E-state index contributed by atoms with van der Waals surface area (Å²) < 4.78 is 5.46. The van der Waals surface area contributed by atoms with Gasteiger partial charge in [0.05, 0.1) is 43.2 Å². The third-order valence-electron chi connectivity index (χ3n) is 6.64. The van der Waals surface area contributed by atoms with Crippen molar-refractivity contribution < 1.29 is 49.8 Å². The molecule has 8 N–H and O–H groups in total. The first-order valence-electron chi connectivity index (χ1n) is 12.9. The number of aliphatic hydroxyl groups excluding tert-OH is 4. The van der Waals surface area contributed by atoms with E-state index in [9.17, 15) is 39.9 Å². The number of hydrogen-bond acceptors (Lipinski definition) is 9. The molecule has 0 radical (unpaired) electrons. The molecule has 11 heteroatoms. The van der Waals surface area contributed by atoms with Crippen LogP contribution < -0.4 is 5.73 Å². The zero-order chi connectivity index (χ0) is 27.8. The van der Waals surface area contributed by atoms with Crippen molar-refractivity contribution in [3.63, 3.8) is 0 Å². The van der Waals surface area contributed by atoms with E-state index in [1.807, 2.05) is 20.8 Å². The van der Waals surface area contributed by atoms with Crippen molar-refractivity contribution in [1.82, 2.24) is 0 Å². The molecule has 0 saturated carbocycles. The van der Waals surface area contributed by atoms with Crippen LogP contribution in [0.5, 0.6) is 0 Å². The second-order valence-electron chi connectivity index (χ2n) is 9.98. The molecule has 0 aromatic heterocycles. The summed E-state index contributed by atoms with van der Waals surface area (Å²) in [5, 5.41) is 58.1. The molecule has 36 heavy (non-hydrogen) atoms. The van der Waals surface area contributed by atoms with Crippen LogP contribution in [-0.2, 0) is 19.1 Å². The van der Waals surface area contributed by atoms with E-state index < -0.39 is 67.2 Å². The van der Waals surface area contributed by atoms with Crippen LogP contribution in [0.15, 0.2) is 0 Å². The summed E-state index contributed by atoms with van der Waals surface area (Å²) in [5.74, 6) is -5.05. The Kier molecular flexibility index (Phi) is 17.5. The van der Waals surface area contributed by atoms with E-state index in [-0.39, 0.29) is 24.8 Å². The molecular weight excluding hydrogens is 474 g/mol. The summed E-state index contributed by atoms with van der Waals surface area (Å²) in [6.45, 7) is 5.70. The molecule has 0 aliphatic carbocycles. The van der Waals surface area contributed by atoms with E-state index in [2.05, 4.69) is 0 Å². The zero-order valence-corrected chi connectivity index (χ0v) is 21.8. The second-order valence-corrected chi connectivity index (χ2v) is 9.98. The lowest BCUT2D eigenvalue weighted by Gasteiger charge is -2.29. The predicted octanol–water partition coefficient (Wildman–Crippen LogP) is 1.28. The van der Waals surface area contributed by atoms with Crippen LogP contribution in [-0.4, -0.2) is 85.6 Å². The molecule has 0 aromatic carbocycles. The molecule has 8 atom stereocenters. The fraction of sp³-hybridized carbons (Fsp3) is 0.880. The van der Waals surface area contributed by atoms with Crippen molar-refractivity contribution in [3.8, 4) is 0 Å². The Bertz CT molecular complexity index is 646. The van der Waals surface area contributed by atoms with E-state index in [0.29, 0.717) is 25.7 Å². The number of hydrogen-bond donors (Lipinski definition) is 7. The number of nitrogens with two attached hydrogens (primary N) is 1. The Balaban J connectivity index is 4.74. The summed E-state index contributed by atoms with van der Waals surface area (Å²) in [7, 11) is 0. The number of carbonyl (C=O) groups excluding carboxylic acids is 1. The van der Waals surface area contributed by atoms with Crippen molar-refractivity contribution in [3.05, 3.63) is 0 Å². The van der Waals surface area contributed by atoms with Gasteiger partial charge in [-0.2, -0.15) is 0 Å². The lowest BCUT2D eigenvalue weighted by atomic mass is 9.89. The Labute approximate surface area is 213 Å². The Morgan fingerprint density at radius 3 is 2.00 bits per heavy atom. The van der Waals surface area contributed by atoms with Crippen LogP contribution in [0.2, 0.25) is 0 Å². The second kappa shape index (κ2) is 18.5. The van der Waals surface area contributed by atoms with Gasteiger partial charge in [0, 0.05) is 13.0 Å². The molecule has 0 amide bonds. The SMILES string of the molecule is CC[C@@H](C)[C@@H](O)[C@H](C[C@@H](C)CCCCC[C@@H](O)[C@@H](O)C[C@H](O)CN)OC(=O)C[C@@H](CC(=O)O)C(=O)O. The number of aliphatic hydroxyl groups is 4. The number of carboxylic acid groups (broad SMARTS) is 2. The molecule has 0 heterocycles. The first-order chi connectivity index (χ1) is 16.8. The molecule has 0 aliphatic rings. The van der Waals surface area contributed by atoms with E-state index in [1.54, 1.807) is 0 Å². The Hall–Kier alpha value is -1.79. The van der Waals surface area contributed by atoms with Crippen molar-refractivity contribution in [1.29, 1.82) is 0 Å². The van der Waals surface area contributed by atoms with Gasteiger partial charge in [0.15, 0.2) is 0 Å². The molecule has 11 nitrogen and oxygen atoms in total. The van der Waals surface area contributed by atoms with Gasteiger partial charge in [0.1, 0.15) is 6.10 Å². The molecule has 0 bridgehead atoms. The number of rotatable bonds is 21. The van der Waals surface area contributed by atoms with Crippen LogP contribution in [0.25, 0.3) is 0 Å². The third-order valence-corrected chi connectivity index (χ3v) is 6.64. The van der Waals surface area contributed by atoms with Gasteiger partial charge in [-0.1, -0.05) is 52.9 Å². The van der Waals surface area contributed by atoms with Crippen molar-refractivity contribution in [2.45, 2.75) is 115 Å². The molecule has 0 aliphatic heterocycles. The van der Waals surface area contributed by atoms with Gasteiger partial charge in [0.25, 0.3) is 0 Å². The van der Waals surface area contributed by atoms with Crippen LogP contribution in [0.3, 0.4) is 0 Å². The molecule has 0 aromatic rings. The smallest absolute Gasteiger partial charge is 0.307 e. The maximum Gasteiger partial charge on any atom is 0.307 e. The molecule has 212 valence electrons. The van der Waals surface area contributed by atoms with E-state index in [0.717, 1.165) is 19.3 Å². The van der Waals surface area contributed by atoms with Crippen LogP contribution >= 0.6 is 0 Å². The summed E-state index contributed by atoms with van der Waals surface area (Å²) in [4.78, 5) is 34.5. The predicted molar refractivity (Wildman–Crippen MR) is 132 cm³/mol. The number of unbranched alkanes of at least 4 members (excludes halogenated alkanes) is 2. The Morgan fingerprint density at radius 1 is 0.861 bits per heavy atom. The lowest BCUT2D eigenvalue weighted by molar-refractivity contribution is -0.163. The van der Waals surface area contributed by atoms with Gasteiger partial charge in [-0.3, -0.25) is 14.4 Å². The van der Waals surface area contributed by atoms with Gasteiger partial charge >= 0.3 is 17.9 Å². The minimum Gasteiger partial charge on any atom is -0.481 e. The lowest BCUT2D eigenvalue weighted by Crippen LogP contribution is -2.38. The standard InChI is InChI=1S/C25H47NO10/c1-4-16(3)24(33)21(36-23(32)12-17(25(34)35)11-22(30)31)10-15(2)8-6-5-7-9-19(28)20(29)13-18(27)14-26/h15-21,24,27-29,33H,4-14,26H2,1-3H3,(H,30,31)(H,34,35)/t15-,16+,17+,18-,19+,20-,21-,24+/m0/s1. The van der Waals surface area contributed by atoms with Gasteiger partial charge in [-0.15, -0.1) is 0 Å². The zero-order valence-electron chi connectivity index (χ0n) is 21.8. The van der Waals surface area contributed by atoms with E-state index in [1.165, 1.54) is 0 Å². The number of carboxylic acids is 2. The molecule has 0 rings (SSSR count). The molecular formula is C25H47NO10. The number of esters is 1. The number of aliphatic carboxylic acids is 2.